The maximum Gasteiger partial charge on any atom is 0.233 e. The SMILES string of the molecule is C[C@@H]1CC(=O)Nc2ncnc(N3CCN(C(=O)C4(c5ccc(Cl)cc5)CCNCC4)CC3)c21. The van der Waals surface area contributed by atoms with Gasteiger partial charge in [-0.25, -0.2) is 9.97 Å². The molecule has 2 amide bonds. The van der Waals surface area contributed by atoms with Gasteiger partial charge in [-0.2, -0.15) is 0 Å². The van der Waals surface area contributed by atoms with Gasteiger partial charge in [-0.1, -0.05) is 30.7 Å². The summed E-state index contributed by atoms with van der Waals surface area (Å²) in [5.41, 5.74) is 1.54. The number of carbonyl (C=O) groups excluding carboxylic acids is 2. The van der Waals surface area contributed by atoms with E-state index in [1.807, 2.05) is 36.1 Å². The number of nitrogens with zero attached hydrogens (tertiary/aromatic N) is 4. The van der Waals surface area contributed by atoms with Crippen molar-refractivity contribution in [2.45, 2.75) is 37.5 Å². The van der Waals surface area contributed by atoms with Gasteiger partial charge in [-0.15, -0.1) is 0 Å². The van der Waals surface area contributed by atoms with Gasteiger partial charge < -0.3 is 20.4 Å². The van der Waals surface area contributed by atoms with Gasteiger partial charge in [0.25, 0.3) is 0 Å². The first-order valence-corrected chi connectivity index (χ1v) is 12.0. The number of carbonyl (C=O) groups is 2. The molecule has 2 saturated heterocycles. The van der Waals surface area contributed by atoms with Crippen LogP contribution in [0.3, 0.4) is 0 Å². The topological polar surface area (TPSA) is 90.5 Å². The normalized spacial score (nSPS) is 22.5. The lowest BCUT2D eigenvalue weighted by atomic mass is 9.72. The first-order valence-electron chi connectivity index (χ1n) is 11.6. The zero-order chi connectivity index (χ0) is 23.0. The molecule has 8 nitrogen and oxygen atoms in total. The minimum Gasteiger partial charge on any atom is -0.353 e. The highest BCUT2D eigenvalue weighted by atomic mass is 35.5. The predicted molar refractivity (Wildman–Crippen MR) is 128 cm³/mol. The van der Waals surface area contributed by atoms with E-state index in [1.165, 1.54) is 6.33 Å². The Balaban J connectivity index is 1.35. The van der Waals surface area contributed by atoms with Crippen molar-refractivity contribution in [1.82, 2.24) is 20.2 Å². The van der Waals surface area contributed by atoms with Crippen LogP contribution >= 0.6 is 11.6 Å². The van der Waals surface area contributed by atoms with Crippen molar-refractivity contribution in [1.29, 1.82) is 0 Å². The Morgan fingerprint density at radius 2 is 1.79 bits per heavy atom. The first kappa shape index (κ1) is 22.1. The molecule has 1 aromatic carbocycles. The van der Waals surface area contributed by atoms with Crippen molar-refractivity contribution < 1.29 is 9.59 Å². The second-order valence-corrected chi connectivity index (χ2v) is 9.67. The third-order valence-corrected chi connectivity index (χ3v) is 7.49. The summed E-state index contributed by atoms with van der Waals surface area (Å²) in [6.07, 6.45) is 3.51. The number of rotatable bonds is 3. The molecular weight excluding hydrogens is 440 g/mol. The summed E-state index contributed by atoms with van der Waals surface area (Å²) in [6, 6.07) is 7.77. The van der Waals surface area contributed by atoms with Crippen LogP contribution in [0.25, 0.3) is 0 Å². The van der Waals surface area contributed by atoms with Crippen LogP contribution in [0.5, 0.6) is 0 Å². The summed E-state index contributed by atoms with van der Waals surface area (Å²) < 4.78 is 0. The molecule has 4 heterocycles. The van der Waals surface area contributed by atoms with Crippen LogP contribution in [0, 0.1) is 0 Å². The zero-order valence-electron chi connectivity index (χ0n) is 18.8. The monoisotopic (exact) mass is 468 g/mol. The molecule has 174 valence electrons. The molecule has 3 aliphatic heterocycles. The molecule has 1 atom stereocenters. The third kappa shape index (κ3) is 4.06. The highest BCUT2D eigenvalue weighted by Gasteiger charge is 2.44. The van der Waals surface area contributed by atoms with Gasteiger partial charge in [0.05, 0.1) is 5.41 Å². The molecular formula is C24H29ClN6O2. The Labute approximate surface area is 198 Å². The number of piperidine rings is 1. The molecule has 33 heavy (non-hydrogen) atoms. The van der Waals surface area contributed by atoms with E-state index < -0.39 is 5.41 Å². The molecule has 0 spiro atoms. The summed E-state index contributed by atoms with van der Waals surface area (Å²) in [7, 11) is 0. The Hall–Kier alpha value is -2.71. The molecule has 1 aromatic heterocycles. The van der Waals surface area contributed by atoms with Gasteiger partial charge >= 0.3 is 0 Å². The van der Waals surface area contributed by atoms with Crippen LogP contribution in [-0.4, -0.2) is 66.0 Å². The summed E-state index contributed by atoms with van der Waals surface area (Å²) in [6.45, 7) is 6.37. The van der Waals surface area contributed by atoms with Crippen LogP contribution in [0.4, 0.5) is 11.6 Å². The second-order valence-electron chi connectivity index (χ2n) is 9.23. The molecule has 0 saturated carbocycles. The van der Waals surface area contributed by atoms with Crippen molar-refractivity contribution in [3.63, 3.8) is 0 Å². The third-order valence-electron chi connectivity index (χ3n) is 7.23. The highest BCUT2D eigenvalue weighted by molar-refractivity contribution is 6.30. The van der Waals surface area contributed by atoms with E-state index >= 15 is 0 Å². The van der Waals surface area contributed by atoms with Gasteiger partial charge in [-0.3, -0.25) is 9.59 Å². The second kappa shape index (κ2) is 8.91. The van der Waals surface area contributed by atoms with E-state index in [9.17, 15) is 9.59 Å². The molecule has 3 aliphatic rings. The molecule has 2 fully saturated rings. The van der Waals surface area contributed by atoms with Crippen LogP contribution < -0.4 is 15.5 Å². The Bertz CT molecular complexity index is 1050. The lowest BCUT2D eigenvalue weighted by Gasteiger charge is -2.44. The van der Waals surface area contributed by atoms with E-state index in [2.05, 4.69) is 25.5 Å². The van der Waals surface area contributed by atoms with Crippen molar-refractivity contribution in [3.8, 4) is 0 Å². The van der Waals surface area contributed by atoms with Gasteiger partial charge in [-0.05, 0) is 49.5 Å². The maximum atomic E-state index is 13.9. The predicted octanol–water partition coefficient (Wildman–Crippen LogP) is 2.55. The van der Waals surface area contributed by atoms with Crippen LogP contribution in [-0.2, 0) is 15.0 Å². The number of piperazine rings is 1. The van der Waals surface area contributed by atoms with Gasteiger partial charge in [0.15, 0.2) is 0 Å². The zero-order valence-corrected chi connectivity index (χ0v) is 19.6. The van der Waals surface area contributed by atoms with Crippen LogP contribution in [0.15, 0.2) is 30.6 Å². The van der Waals surface area contributed by atoms with Crippen molar-refractivity contribution in [3.05, 3.63) is 46.7 Å². The fraction of sp³-hybridized carbons (Fsp3) is 0.500. The smallest absolute Gasteiger partial charge is 0.233 e. The number of hydrogen-bond acceptors (Lipinski definition) is 6. The molecule has 9 heteroatoms. The summed E-state index contributed by atoms with van der Waals surface area (Å²) in [5.74, 6) is 1.74. The molecule has 0 bridgehead atoms. The Morgan fingerprint density at radius 3 is 2.48 bits per heavy atom. The molecule has 0 unspecified atom stereocenters. The van der Waals surface area contributed by atoms with E-state index in [0.717, 1.165) is 42.9 Å². The number of halogens is 1. The number of aromatic nitrogens is 2. The number of anilines is 2. The van der Waals surface area contributed by atoms with Crippen LogP contribution in [0.2, 0.25) is 5.02 Å². The number of amides is 2. The maximum absolute atomic E-state index is 13.9. The van der Waals surface area contributed by atoms with Crippen LogP contribution in [0.1, 0.15) is 43.2 Å². The standard InChI is InChI=1S/C24H29ClN6O2/c1-16-14-19(32)29-21-20(16)22(28-15-27-21)30-10-12-31(13-11-30)23(33)24(6-8-26-9-7-24)17-2-4-18(25)5-3-17/h2-5,15-16,26H,6-14H2,1H3,(H,27,28,29,32)/t16-/m1/s1. The van der Waals surface area contributed by atoms with Crippen molar-refractivity contribution >= 4 is 35.1 Å². The fourth-order valence-electron chi connectivity index (χ4n) is 5.43. The first-order chi connectivity index (χ1) is 16.0. The minimum atomic E-state index is -0.509. The summed E-state index contributed by atoms with van der Waals surface area (Å²) in [4.78, 5) is 38.9. The number of hydrogen-bond donors (Lipinski definition) is 2. The number of nitrogens with one attached hydrogen (secondary N) is 2. The quantitative estimate of drug-likeness (QED) is 0.719. The average molecular weight is 469 g/mol. The number of fused-ring (bicyclic) bond motifs is 1. The van der Waals surface area contributed by atoms with Gasteiger partial charge in [0.2, 0.25) is 11.8 Å². The highest BCUT2D eigenvalue weighted by Crippen LogP contribution is 2.38. The average Bonchev–Trinajstić information content (AvgIpc) is 2.84. The van der Waals surface area contributed by atoms with Crippen molar-refractivity contribution in [2.75, 3.05) is 49.5 Å². The van der Waals surface area contributed by atoms with E-state index in [4.69, 9.17) is 11.6 Å². The molecule has 2 N–H and O–H groups in total. The lowest BCUT2D eigenvalue weighted by molar-refractivity contribution is -0.139. The minimum absolute atomic E-state index is 0.00969. The van der Waals surface area contributed by atoms with E-state index in [0.29, 0.717) is 43.4 Å². The fourth-order valence-corrected chi connectivity index (χ4v) is 5.55. The summed E-state index contributed by atoms with van der Waals surface area (Å²) in [5, 5.41) is 6.95. The molecule has 5 rings (SSSR count). The molecule has 2 aromatic rings. The van der Waals surface area contributed by atoms with E-state index in [1.54, 1.807) is 0 Å². The van der Waals surface area contributed by atoms with Gasteiger partial charge in [0, 0.05) is 43.2 Å². The summed E-state index contributed by atoms with van der Waals surface area (Å²) >= 11 is 6.12. The Morgan fingerprint density at radius 1 is 1.09 bits per heavy atom. The lowest BCUT2D eigenvalue weighted by Crippen LogP contribution is -2.57. The largest absolute Gasteiger partial charge is 0.353 e. The number of benzene rings is 1. The van der Waals surface area contributed by atoms with E-state index in [-0.39, 0.29) is 17.7 Å². The molecule has 0 radical (unpaired) electrons. The van der Waals surface area contributed by atoms with Crippen molar-refractivity contribution in [2.24, 2.45) is 0 Å². The molecule has 0 aliphatic carbocycles. The Kier molecular flexibility index (Phi) is 5.97. The van der Waals surface area contributed by atoms with Gasteiger partial charge in [0.1, 0.15) is 18.0 Å².